The third-order valence-corrected chi connectivity index (χ3v) is 3.76. The smallest absolute Gasteiger partial charge is 0.309 e. The molecular weight excluding hydrogens is 252 g/mol. The lowest BCUT2D eigenvalue weighted by Gasteiger charge is -2.34. The van der Waals surface area contributed by atoms with E-state index in [1.54, 1.807) is 0 Å². The minimum atomic E-state index is -1.18. The van der Waals surface area contributed by atoms with Gasteiger partial charge in [-0.25, -0.2) is 0 Å². The number of unbranched alkanes of at least 4 members (excludes halogenated alkanes) is 1. The Hall–Kier alpha value is -1.14. The van der Waals surface area contributed by atoms with E-state index in [-0.39, 0.29) is 11.9 Å². The van der Waals surface area contributed by atoms with Crippen LogP contribution in [-0.4, -0.2) is 46.6 Å². The summed E-state index contributed by atoms with van der Waals surface area (Å²) in [7, 11) is 1.35. The maximum absolute atomic E-state index is 11.0. The molecule has 6 heteroatoms. The van der Waals surface area contributed by atoms with Crippen molar-refractivity contribution in [1.29, 1.82) is 0 Å². The van der Waals surface area contributed by atoms with Gasteiger partial charge < -0.3 is 20.1 Å². The number of carbonyl (C=O) groups is 2. The lowest BCUT2D eigenvalue weighted by Crippen LogP contribution is -2.44. The molecule has 110 valence electrons. The highest BCUT2D eigenvalue weighted by Gasteiger charge is 2.39. The largest absolute Gasteiger partial charge is 0.481 e. The van der Waals surface area contributed by atoms with E-state index in [2.05, 4.69) is 4.74 Å². The second kappa shape index (κ2) is 7.45. The molecule has 1 aliphatic rings. The van der Waals surface area contributed by atoms with Gasteiger partial charge in [0, 0.05) is 6.42 Å². The maximum atomic E-state index is 11.0. The maximum Gasteiger partial charge on any atom is 0.309 e. The van der Waals surface area contributed by atoms with Crippen LogP contribution in [0.4, 0.5) is 0 Å². The summed E-state index contributed by atoms with van der Waals surface area (Å²) in [4.78, 5) is 21.9. The molecule has 3 N–H and O–H groups in total. The van der Waals surface area contributed by atoms with Crippen molar-refractivity contribution in [2.75, 3.05) is 7.11 Å². The Balaban J connectivity index is 2.34. The number of ether oxygens (including phenoxy) is 1. The molecule has 19 heavy (non-hydrogen) atoms. The summed E-state index contributed by atoms with van der Waals surface area (Å²) >= 11 is 0. The molecule has 4 atom stereocenters. The van der Waals surface area contributed by atoms with E-state index >= 15 is 0 Å². The van der Waals surface area contributed by atoms with Crippen LogP contribution in [0.1, 0.15) is 38.5 Å². The van der Waals surface area contributed by atoms with Gasteiger partial charge in [-0.2, -0.15) is 0 Å². The van der Waals surface area contributed by atoms with Crippen LogP contribution in [-0.2, 0) is 14.3 Å². The van der Waals surface area contributed by atoms with Crippen LogP contribution >= 0.6 is 0 Å². The highest BCUT2D eigenvalue weighted by Crippen LogP contribution is 2.33. The summed E-state index contributed by atoms with van der Waals surface area (Å²) in [5.74, 6) is -2.13. The first kappa shape index (κ1) is 15.9. The van der Waals surface area contributed by atoms with Crippen LogP contribution in [0.25, 0.3) is 0 Å². The number of carboxylic acid groups (broad SMARTS) is 1. The van der Waals surface area contributed by atoms with Crippen molar-refractivity contribution >= 4 is 11.9 Å². The molecule has 0 aliphatic heterocycles. The summed E-state index contributed by atoms with van der Waals surface area (Å²) in [6, 6.07) is 0. The number of hydrogen-bond acceptors (Lipinski definition) is 5. The van der Waals surface area contributed by atoms with Gasteiger partial charge in [0.05, 0.1) is 25.2 Å². The average Bonchev–Trinajstić information content (AvgIpc) is 2.37. The van der Waals surface area contributed by atoms with Crippen LogP contribution in [0.5, 0.6) is 0 Å². The highest BCUT2D eigenvalue weighted by atomic mass is 16.5. The van der Waals surface area contributed by atoms with E-state index in [0.29, 0.717) is 25.7 Å². The molecule has 4 unspecified atom stereocenters. The van der Waals surface area contributed by atoms with Crippen molar-refractivity contribution in [3.63, 3.8) is 0 Å². The lowest BCUT2D eigenvalue weighted by molar-refractivity contribution is -0.154. The number of hydrogen-bond donors (Lipinski definition) is 3. The quantitative estimate of drug-likeness (QED) is 0.483. The molecule has 1 fully saturated rings. The van der Waals surface area contributed by atoms with E-state index < -0.39 is 24.1 Å². The monoisotopic (exact) mass is 274 g/mol. The molecule has 0 aromatic carbocycles. The van der Waals surface area contributed by atoms with Crippen molar-refractivity contribution in [2.24, 2.45) is 11.8 Å². The minimum Gasteiger partial charge on any atom is -0.481 e. The normalized spacial score (nSPS) is 30.9. The van der Waals surface area contributed by atoms with Crippen molar-refractivity contribution in [3.05, 3.63) is 0 Å². The van der Waals surface area contributed by atoms with Crippen LogP contribution in [0.15, 0.2) is 0 Å². The number of esters is 1. The molecule has 0 amide bonds. The zero-order valence-corrected chi connectivity index (χ0v) is 11.1. The Morgan fingerprint density at radius 2 is 1.89 bits per heavy atom. The van der Waals surface area contributed by atoms with Gasteiger partial charge in [-0.3, -0.25) is 9.59 Å². The fourth-order valence-corrected chi connectivity index (χ4v) is 2.63. The topological polar surface area (TPSA) is 104 Å². The molecule has 0 radical (unpaired) electrons. The van der Waals surface area contributed by atoms with Crippen molar-refractivity contribution in [1.82, 2.24) is 0 Å². The van der Waals surface area contributed by atoms with Gasteiger partial charge in [0.2, 0.25) is 0 Å². The zero-order chi connectivity index (χ0) is 14.4. The predicted octanol–water partition coefficient (Wildman–Crippen LogP) is 0.552. The number of aliphatic carboxylic acids is 1. The van der Waals surface area contributed by atoms with Gasteiger partial charge in [-0.05, 0) is 25.2 Å². The van der Waals surface area contributed by atoms with E-state index in [0.717, 1.165) is 12.8 Å². The van der Waals surface area contributed by atoms with Crippen molar-refractivity contribution in [3.8, 4) is 0 Å². The molecule has 1 aliphatic carbocycles. The Labute approximate surface area is 112 Å². The molecule has 0 saturated heterocycles. The van der Waals surface area contributed by atoms with Crippen molar-refractivity contribution in [2.45, 2.75) is 50.7 Å². The molecular formula is C13H22O6. The zero-order valence-electron chi connectivity index (χ0n) is 11.1. The van der Waals surface area contributed by atoms with E-state index in [9.17, 15) is 19.8 Å². The molecule has 0 heterocycles. The summed E-state index contributed by atoms with van der Waals surface area (Å²) < 4.78 is 4.53. The van der Waals surface area contributed by atoms with Gasteiger partial charge in [-0.15, -0.1) is 0 Å². The SMILES string of the molecule is COC(=O)CCCCC1CC(O)C(O)C(C(=O)O)C1. The second-order valence-electron chi connectivity index (χ2n) is 5.16. The summed E-state index contributed by atoms with van der Waals surface area (Å²) in [5.41, 5.74) is 0. The first-order chi connectivity index (χ1) is 8.95. The summed E-state index contributed by atoms with van der Waals surface area (Å²) in [6.07, 6.45) is 1.24. The number of aliphatic hydroxyl groups excluding tert-OH is 2. The Morgan fingerprint density at radius 3 is 2.47 bits per heavy atom. The Bertz CT molecular complexity index is 316. The molecule has 1 rings (SSSR count). The molecule has 6 nitrogen and oxygen atoms in total. The van der Waals surface area contributed by atoms with Gasteiger partial charge >= 0.3 is 11.9 Å². The number of aliphatic hydroxyl groups is 2. The van der Waals surface area contributed by atoms with Crippen molar-refractivity contribution < 1.29 is 29.6 Å². The fraction of sp³-hybridized carbons (Fsp3) is 0.846. The fourth-order valence-electron chi connectivity index (χ4n) is 2.63. The third kappa shape index (κ3) is 4.80. The molecule has 1 saturated carbocycles. The van der Waals surface area contributed by atoms with Gasteiger partial charge in [-0.1, -0.05) is 12.8 Å². The number of carboxylic acids is 1. The van der Waals surface area contributed by atoms with Crippen LogP contribution in [0.2, 0.25) is 0 Å². The molecule has 0 aromatic rings. The third-order valence-electron chi connectivity index (χ3n) is 3.76. The number of rotatable bonds is 6. The highest BCUT2D eigenvalue weighted by molar-refractivity contribution is 5.71. The molecule has 0 bridgehead atoms. The summed E-state index contributed by atoms with van der Waals surface area (Å²) in [6.45, 7) is 0. The van der Waals surface area contributed by atoms with Crippen LogP contribution in [0, 0.1) is 11.8 Å². The standard InChI is InChI=1S/C13H22O6/c1-19-11(15)5-3-2-4-8-6-9(13(17)18)12(16)10(14)7-8/h8-10,12,14,16H,2-7H2,1H3,(H,17,18). The Morgan fingerprint density at radius 1 is 1.21 bits per heavy atom. The van der Waals surface area contributed by atoms with E-state index in [1.165, 1.54) is 7.11 Å². The summed E-state index contributed by atoms with van der Waals surface area (Å²) in [5, 5.41) is 28.3. The van der Waals surface area contributed by atoms with E-state index in [4.69, 9.17) is 5.11 Å². The minimum absolute atomic E-state index is 0.0807. The van der Waals surface area contributed by atoms with E-state index in [1.807, 2.05) is 0 Å². The first-order valence-corrected chi connectivity index (χ1v) is 6.61. The Kier molecular flexibility index (Phi) is 6.24. The number of methoxy groups -OCH3 is 1. The second-order valence-corrected chi connectivity index (χ2v) is 5.16. The predicted molar refractivity (Wildman–Crippen MR) is 66.3 cm³/mol. The number of carbonyl (C=O) groups excluding carboxylic acids is 1. The van der Waals surface area contributed by atoms with Crippen LogP contribution in [0.3, 0.4) is 0 Å². The average molecular weight is 274 g/mol. The first-order valence-electron chi connectivity index (χ1n) is 6.61. The van der Waals surface area contributed by atoms with Gasteiger partial charge in [0.25, 0.3) is 0 Å². The van der Waals surface area contributed by atoms with Gasteiger partial charge in [0.15, 0.2) is 0 Å². The van der Waals surface area contributed by atoms with Crippen LogP contribution < -0.4 is 0 Å². The molecule has 0 spiro atoms. The molecule has 0 aromatic heterocycles. The van der Waals surface area contributed by atoms with Gasteiger partial charge in [0.1, 0.15) is 0 Å². The lowest BCUT2D eigenvalue weighted by atomic mass is 9.76.